The average molecular weight is 354 g/mol. The topological polar surface area (TPSA) is 52.5 Å². The molecule has 2 aromatic heterocycles. The van der Waals surface area contributed by atoms with Crippen molar-refractivity contribution < 1.29 is 5.11 Å². The molecule has 130 valence electrons. The van der Waals surface area contributed by atoms with Gasteiger partial charge in [-0.15, -0.1) is 11.3 Å². The maximum atomic E-state index is 9.60. The summed E-state index contributed by atoms with van der Waals surface area (Å²) in [4.78, 5) is 15.4. The summed E-state index contributed by atoms with van der Waals surface area (Å²) < 4.78 is 0. The number of β-amino-alcohol motifs (C(OH)–C–C–N with tert-alkyl or cyclic N) is 1. The molecule has 3 aromatic rings. The molecule has 1 saturated heterocycles. The number of anilines is 1. The van der Waals surface area contributed by atoms with Crippen LogP contribution in [0.4, 0.5) is 5.82 Å². The zero-order valence-corrected chi connectivity index (χ0v) is 15.1. The Kier molecular flexibility index (Phi) is 4.65. The van der Waals surface area contributed by atoms with E-state index in [0.29, 0.717) is 0 Å². The van der Waals surface area contributed by atoms with Crippen molar-refractivity contribution in [2.24, 2.45) is 0 Å². The van der Waals surface area contributed by atoms with Crippen LogP contribution in [0.3, 0.4) is 0 Å². The largest absolute Gasteiger partial charge is 0.392 e. The van der Waals surface area contributed by atoms with E-state index >= 15 is 0 Å². The monoisotopic (exact) mass is 354 g/mol. The molecule has 1 aliphatic heterocycles. The van der Waals surface area contributed by atoms with E-state index in [-0.39, 0.29) is 6.10 Å². The van der Waals surface area contributed by atoms with Gasteiger partial charge in [0.25, 0.3) is 0 Å². The van der Waals surface area contributed by atoms with Gasteiger partial charge in [0.05, 0.1) is 16.5 Å². The second kappa shape index (κ2) is 7.07. The van der Waals surface area contributed by atoms with Crippen LogP contribution in [0, 0.1) is 0 Å². The summed E-state index contributed by atoms with van der Waals surface area (Å²) in [5.74, 6) is 1.82. The molecule has 0 radical (unpaired) electrons. The Morgan fingerprint density at radius 3 is 2.60 bits per heavy atom. The number of aromatic nitrogens is 2. The Morgan fingerprint density at radius 1 is 1.08 bits per heavy atom. The van der Waals surface area contributed by atoms with Gasteiger partial charge in [0, 0.05) is 38.1 Å². The second-order valence-corrected chi connectivity index (χ2v) is 7.45. The number of aliphatic hydroxyl groups is 1. The standard InChI is InChI=1S/C19H22N4OS/c1-14(24)13-22-8-10-23(11-9-22)19-15-5-2-3-6-16(15)20-18(21-19)17-7-4-12-25-17/h2-7,12,14,24H,8-11,13H2,1H3/t14-/m1/s1. The fourth-order valence-corrected chi connectivity index (χ4v) is 3.99. The van der Waals surface area contributed by atoms with Crippen LogP contribution in [-0.2, 0) is 0 Å². The van der Waals surface area contributed by atoms with Gasteiger partial charge < -0.3 is 10.0 Å². The number of hydrogen-bond acceptors (Lipinski definition) is 6. The molecule has 0 unspecified atom stereocenters. The van der Waals surface area contributed by atoms with E-state index in [0.717, 1.165) is 60.1 Å². The number of para-hydroxylation sites is 1. The predicted octanol–water partition coefficient (Wildman–Crippen LogP) is 2.86. The van der Waals surface area contributed by atoms with Gasteiger partial charge in [0.2, 0.25) is 0 Å². The van der Waals surface area contributed by atoms with Crippen LogP contribution in [0.25, 0.3) is 21.6 Å². The maximum absolute atomic E-state index is 9.60. The minimum Gasteiger partial charge on any atom is -0.392 e. The molecule has 1 aromatic carbocycles. The minimum atomic E-state index is -0.281. The first-order chi connectivity index (χ1) is 12.2. The van der Waals surface area contributed by atoms with Crippen molar-refractivity contribution in [3.63, 3.8) is 0 Å². The first kappa shape index (κ1) is 16.4. The number of thiophene rings is 1. The van der Waals surface area contributed by atoms with Gasteiger partial charge in [-0.25, -0.2) is 9.97 Å². The Labute approximate surface area is 151 Å². The van der Waals surface area contributed by atoms with Crippen molar-refractivity contribution in [1.82, 2.24) is 14.9 Å². The molecule has 1 aliphatic rings. The molecule has 1 fully saturated rings. The van der Waals surface area contributed by atoms with Gasteiger partial charge >= 0.3 is 0 Å². The van der Waals surface area contributed by atoms with Crippen molar-refractivity contribution in [3.05, 3.63) is 41.8 Å². The lowest BCUT2D eigenvalue weighted by Gasteiger charge is -2.36. The lowest BCUT2D eigenvalue weighted by molar-refractivity contribution is 0.122. The lowest BCUT2D eigenvalue weighted by atomic mass is 10.2. The fraction of sp³-hybridized carbons (Fsp3) is 0.368. The lowest BCUT2D eigenvalue weighted by Crippen LogP contribution is -2.48. The first-order valence-electron chi connectivity index (χ1n) is 8.67. The van der Waals surface area contributed by atoms with Gasteiger partial charge in [-0.1, -0.05) is 18.2 Å². The molecule has 1 N–H and O–H groups in total. The molecular formula is C19H22N4OS. The van der Waals surface area contributed by atoms with Crippen LogP contribution in [0.15, 0.2) is 41.8 Å². The SMILES string of the molecule is C[C@@H](O)CN1CCN(c2nc(-c3cccs3)nc3ccccc23)CC1. The smallest absolute Gasteiger partial charge is 0.172 e. The number of rotatable bonds is 4. The summed E-state index contributed by atoms with van der Waals surface area (Å²) in [6.45, 7) is 6.29. The summed E-state index contributed by atoms with van der Waals surface area (Å²) in [5, 5.41) is 12.8. The predicted molar refractivity (Wildman–Crippen MR) is 103 cm³/mol. The van der Waals surface area contributed by atoms with Gasteiger partial charge in [-0.3, -0.25) is 4.90 Å². The molecule has 5 nitrogen and oxygen atoms in total. The van der Waals surface area contributed by atoms with Crippen LogP contribution < -0.4 is 4.90 Å². The number of nitrogens with zero attached hydrogens (tertiary/aromatic N) is 4. The number of piperazine rings is 1. The molecule has 0 saturated carbocycles. The van der Waals surface area contributed by atoms with Crippen LogP contribution >= 0.6 is 11.3 Å². The molecule has 0 bridgehead atoms. The maximum Gasteiger partial charge on any atom is 0.172 e. The van der Waals surface area contributed by atoms with Gasteiger partial charge in [0.1, 0.15) is 5.82 Å². The molecule has 0 amide bonds. The van der Waals surface area contributed by atoms with Crippen LogP contribution in [0.5, 0.6) is 0 Å². The zero-order valence-electron chi connectivity index (χ0n) is 14.3. The van der Waals surface area contributed by atoms with Crippen molar-refractivity contribution in [2.75, 3.05) is 37.6 Å². The molecule has 0 spiro atoms. The number of aliphatic hydroxyl groups excluding tert-OH is 1. The van der Waals surface area contributed by atoms with E-state index in [2.05, 4.69) is 33.4 Å². The highest BCUT2D eigenvalue weighted by atomic mass is 32.1. The zero-order chi connectivity index (χ0) is 17.2. The third-order valence-electron chi connectivity index (χ3n) is 4.52. The van der Waals surface area contributed by atoms with Crippen LogP contribution in [0.1, 0.15) is 6.92 Å². The molecule has 3 heterocycles. The first-order valence-corrected chi connectivity index (χ1v) is 9.55. The van der Waals surface area contributed by atoms with Crippen LogP contribution in [-0.4, -0.2) is 58.8 Å². The Hall–Kier alpha value is -2.02. The average Bonchev–Trinajstić information content (AvgIpc) is 3.16. The Balaban J connectivity index is 1.67. The molecule has 6 heteroatoms. The summed E-state index contributed by atoms with van der Waals surface area (Å²) in [6.07, 6.45) is -0.281. The molecular weight excluding hydrogens is 332 g/mol. The van der Waals surface area contributed by atoms with E-state index in [1.54, 1.807) is 11.3 Å². The second-order valence-electron chi connectivity index (χ2n) is 6.50. The van der Waals surface area contributed by atoms with E-state index < -0.39 is 0 Å². The fourth-order valence-electron chi connectivity index (χ4n) is 3.33. The summed E-state index contributed by atoms with van der Waals surface area (Å²) in [6, 6.07) is 12.3. The van der Waals surface area contributed by atoms with Crippen molar-refractivity contribution in [3.8, 4) is 10.7 Å². The van der Waals surface area contributed by atoms with Crippen molar-refractivity contribution >= 4 is 28.1 Å². The van der Waals surface area contributed by atoms with Crippen molar-refractivity contribution in [2.45, 2.75) is 13.0 Å². The molecule has 1 atom stereocenters. The molecule has 0 aliphatic carbocycles. The molecule has 4 rings (SSSR count). The minimum absolute atomic E-state index is 0.281. The highest BCUT2D eigenvalue weighted by molar-refractivity contribution is 7.13. The normalized spacial score (nSPS) is 17.1. The van der Waals surface area contributed by atoms with Gasteiger partial charge in [0.15, 0.2) is 5.82 Å². The number of hydrogen-bond donors (Lipinski definition) is 1. The van der Waals surface area contributed by atoms with E-state index in [9.17, 15) is 5.11 Å². The van der Waals surface area contributed by atoms with E-state index in [4.69, 9.17) is 9.97 Å². The third kappa shape index (κ3) is 3.51. The highest BCUT2D eigenvalue weighted by Crippen LogP contribution is 2.29. The summed E-state index contributed by atoms with van der Waals surface area (Å²) in [7, 11) is 0. The van der Waals surface area contributed by atoms with Gasteiger partial charge in [-0.2, -0.15) is 0 Å². The third-order valence-corrected chi connectivity index (χ3v) is 5.38. The van der Waals surface area contributed by atoms with E-state index in [1.165, 1.54) is 0 Å². The quantitative estimate of drug-likeness (QED) is 0.781. The number of fused-ring (bicyclic) bond motifs is 1. The Morgan fingerprint density at radius 2 is 1.88 bits per heavy atom. The Bertz CT molecular complexity index is 842. The van der Waals surface area contributed by atoms with Crippen molar-refractivity contribution in [1.29, 1.82) is 0 Å². The highest BCUT2D eigenvalue weighted by Gasteiger charge is 2.21. The number of benzene rings is 1. The van der Waals surface area contributed by atoms with Crippen LogP contribution in [0.2, 0.25) is 0 Å². The van der Waals surface area contributed by atoms with E-state index in [1.807, 2.05) is 25.1 Å². The summed E-state index contributed by atoms with van der Waals surface area (Å²) in [5.41, 5.74) is 0.988. The van der Waals surface area contributed by atoms with Gasteiger partial charge in [-0.05, 0) is 30.5 Å². The summed E-state index contributed by atoms with van der Waals surface area (Å²) >= 11 is 1.67. The molecule has 25 heavy (non-hydrogen) atoms.